The van der Waals surface area contributed by atoms with Crippen molar-refractivity contribution in [2.45, 2.75) is 13.8 Å². The second-order valence-electron chi connectivity index (χ2n) is 4.52. The number of anilines is 2. The van der Waals surface area contributed by atoms with Gasteiger partial charge in [-0.1, -0.05) is 23.2 Å². The molecule has 0 atom stereocenters. The molecule has 22 heavy (non-hydrogen) atoms. The molecule has 1 aromatic heterocycles. The Balaban J connectivity index is 2.15. The van der Waals surface area contributed by atoms with Gasteiger partial charge in [0.05, 0.1) is 16.3 Å². The fourth-order valence-corrected chi connectivity index (χ4v) is 2.25. The van der Waals surface area contributed by atoms with Gasteiger partial charge in [-0.3, -0.25) is 4.79 Å². The zero-order valence-electron chi connectivity index (χ0n) is 12.3. The predicted octanol–water partition coefficient (Wildman–Crippen LogP) is 4.01. The van der Waals surface area contributed by atoms with Gasteiger partial charge in [-0.25, -0.2) is 9.97 Å². The first kappa shape index (κ1) is 16.5. The first-order valence-electron chi connectivity index (χ1n) is 6.88. The molecule has 0 fully saturated rings. The second-order valence-corrected chi connectivity index (χ2v) is 5.37. The third-order valence-electron chi connectivity index (χ3n) is 3.12. The van der Waals surface area contributed by atoms with Crippen LogP contribution in [0.3, 0.4) is 0 Å². The number of benzene rings is 1. The maximum absolute atomic E-state index is 12.2. The number of nitrogens with zero attached hydrogens (tertiary/aromatic N) is 3. The number of aromatic nitrogens is 2. The Morgan fingerprint density at radius 2 is 1.82 bits per heavy atom. The molecule has 5 nitrogen and oxygen atoms in total. The van der Waals surface area contributed by atoms with Crippen molar-refractivity contribution in [1.82, 2.24) is 14.9 Å². The van der Waals surface area contributed by atoms with Crippen LogP contribution < -0.4 is 5.32 Å². The minimum absolute atomic E-state index is 0.0858. The topological polar surface area (TPSA) is 58.1 Å². The van der Waals surface area contributed by atoms with E-state index in [2.05, 4.69) is 15.3 Å². The average Bonchev–Trinajstić information content (AvgIpc) is 2.53. The van der Waals surface area contributed by atoms with Gasteiger partial charge >= 0.3 is 0 Å². The van der Waals surface area contributed by atoms with Gasteiger partial charge in [-0.2, -0.15) is 0 Å². The maximum Gasteiger partial charge on any atom is 0.256 e. The number of carbonyl (C=O) groups is 1. The van der Waals surface area contributed by atoms with Gasteiger partial charge in [0.15, 0.2) is 0 Å². The summed E-state index contributed by atoms with van der Waals surface area (Å²) in [5.41, 5.74) is 1.06. The lowest BCUT2D eigenvalue weighted by atomic mass is 10.3. The zero-order chi connectivity index (χ0) is 16.1. The fourth-order valence-electron chi connectivity index (χ4n) is 1.91. The van der Waals surface area contributed by atoms with E-state index in [4.69, 9.17) is 23.2 Å². The molecule has 1 heterocycles. The van der Waals surface area contributed by atoms with Gasteiger partial charge in [0.1, 0.15) is 0 Å². The molecule has 2 aromatic rings. The highest BCUT2D eigenvalue weighted by Crippen LogP contribution is 2.27. The molecule has 0 unspecified atom stereocenters. The van der Waals surface area contributed by atoms with Crippen LogP contribution in [-0.4, -0.2) is 33.9 Å². The maximum atomic E-state index is 12.2. The zero-order valence-corrected chi connectivity index (χ0v) is 13.8. The largest absolute Gasteiger partial charge is 0.339 e. The molecule has 1 aromatic carbocycles. The van der Waals surface area contributed by atoms with Crippen molar-refractivity contribution in [2.24, 2.45) is 0 Å². The van der Waals surface area contributed by atoms with Crippen LogP contribution in [0.5, 0.6) is 0 Å². The minimum Gasteiger partial charge on any atom is -0.339 e. The van der Waals surface area contributed by atoms with E-state index in [9.17, 15) is 4.79 Å². The van der Waals surface area contributed by atoms with Crippen molar-refractivity contribution >= 4 is 40.7 Å². The molecular formula is C15H16Cl2N4O. The van der Waals surface area contributed by atoms with Crippen molar-refractivity contribution in [3.8, 4) is 0 Å². The standard InChI is InChI=1S/C15H16Cl2N4O/c1-3-21(4-2)14(22)10-8-18-15(19-9-10)20-13-7-11(16)5-6-12(13)17/h5-9H,3-4H2,1-2H3,(H,18,19,20). The molecular weight excluding hydrogens is 323 g/mol. The van der Waals surface area contributed by atoms with Crippen LogP contribution in [0.4, 0.5) is 11.6 Å². The van der Waals surface area contributed by atoms with E-state index in [1.807, 2.05) is 13.8 Å². The Kier molecular flexibility index (Phi) is 5.57. The Morgan fingerprint density at radius 3 is 2.41 bits per heavy atom. The summed E-state index contributed by atoms with van der Waals surface area (Å²) in [6, 6.07) is 5.06. The molecule has 1 N–H and O–H groups in total. The van der Waals surface area contributed by atoms with E-state index in [0.29, 0.717) is 40.3 Å². The Morgan fingerprint density at radius 1 is 1.18 bits per heavy atom. The minimum atomic E-state index is -0.0858. The van der Waals surface area contributed by atoms with Crippen molar-refractivity contribution in [1.29, 1.82) is 0 Å². The number of halogens is 2. The van der Waals surface area contributed by atoms with Crippen molar-refractivity contribution < 1.29 is 4.79 Å². The molecule has 0 spiro atoms. The summed E-state index contributed by atoms with van der Waals surface area (Å²) >= 11 is 12.0. The van der Waals surface area contributed by atoms with Gasteiger partial charge in [0, 0.05) is 30.5 Å². The molecule has 7 heteroatoms. The molecule has 0 saturated carbocycles. The van der Waals surface area contributed by atoms with Crippen LogP contribution in [0.15, 0.2) is 30.6 Å². The Hall–Kier alpha value is -1.85. The van der Waals surface area contributed by atoms with Gasteiger partial charge in [0.2, 0.25) is 5.95 Å². The summed E-state index contributed by atoms with van der Waals surface area (Å²) in [4.78, 5) is 22.2. The normalized spacial score (nSPS) is 10.4. The molecule has 0 saturated heterocycles. The molecule has 0 aliphatic heterocycles. The third kappa shape index (κ3) is 3.87. The molecule has 0 bridgehead atoms. The number of carbonyl (C=O) groups excluding carboxylic acids is 1. The van der Waals surface area contributed by atoms with E-state index in [0.717, 1.165) is 0 Å². The average molecular weight is 339 g/mol. The van der Waals surface area contributed by atoms with Gasteiger partial charge in [-0.15, -0.1) is 0 Å². The van der Waals surface area contributed by atoms with Gasteiger partial charge in [-0.05, 0) is 32.0 Å². The van der Waals surface area contributed by atoms with E-state index in [1.165, 1.54) is 12.4 Å². The number of nitrogens with one attached hydrogen (secondary N) is 1. The summed E-state index contributed by atoms with van der Waals surface area (Å²) in [5, 5.41) is 4.04. The van der Waals surface area contributed by atoms with E-state index < -0.39 is 0 Å². The number of amides is 1. The van der Waals surface area contributed by atoms with Crippen LogP contribution in [0.25, 0.3) is 0 Å². The van der Waals surface area contributed by atoms with Crippen molar-refractivity contribution in [2.75, 3.05) is 18.4 Å². The summed E-state index contributed by atoms with van der Waals surface area (Å²) in [6.07, 6.45) is 2.99. The first-order valence-corrected chi connectivity index (χ1v) is 7.64. The Bertz CT molecular complexity index is 657. The second kappa shape index (κ2) is 7.42. The van der Waals surface area contributed by atoms with E-state index >= 15 is 0 Å². The quantitative estimate of drug-likeness (QED) is 0.894. The lowest BCUT2D eigenvalue weighted by Crippen LogP contribution is -2.30. The van der Waals surface area contributed by atoms with Crippen LogP contribution in [0, 0.1) is 0 Å². The van der Waals surface area contributed by atoms with Crippen LogP contribution in [0.1, 0.15) is 24.2 Å². The Labute approximate surface area is 139 Å². The number of hydrogen-bond acceptors (Lipinski definition) is 4. The highest BCUT2D eigenvalue weighted by Gasteiger charge is 2.13. The number of rotatable bonds is 5. The smallest absolute Gasteiger partial charge is 0.256 e. The first-order chi connectivity index (χ1) is 10.5. The monoisotopic (exact) mass is 338 g/mol. The van der Waals surface area contributed by atoms with E-state index in [1.54, 1.807) is 23.1 Å². The highest BCUT2D eigenvalue weighted by atomic mass is 35.5. The molecule has 1 amide bonds. The fraction of sp³-hybridized carbons (Fsp3) is 0.267. The molecule has 2 rings (SSSR count). The molecule has 0 radical (unpaired) electrons. The molecule has 0 aliphatic carbocycles. The SMILES string of the molecule is CCN(CC)C(=O)c1cnc(Nc2cc(Cl)ccc2Cl)nc1. The van der Waals surface area contributed by atoms with E-state index in [-0.39, 0.29) is 5.91 Å². The summed E-state index contributed by atoms with van der Waals surface area (Å²) in [7, 11) is 0. The molecule has 0 aliphatic rings. The lowest BCUT2D eigenvalue weighted by Gasteiger charge is -2.18. The molecule has 116 valence electrons. The van der Waals surface area contributed by atoms with Crippen LogP contribution >= 0.6 is 23.2 Å². The summed E-state index contributed by atoms with van der Waals surface area (Å²) in [5.74, 6) is 0.262. The van der Waals surface area contributed by atoms with Crippen molar-refractivity contribution in [3.63, 3.8) is 0 Å². The number of hydrogen-bond donors (Lipinski definition) is 1. The van der Waals surface area contributed by atoms with Gasteiger partial charge < -0.3 is 10.2 Å². The summed E-state index contributed by atoms with van der Waals surface area (Å²) in [6.45, 7) is 5.15. The highest BCUT2D eigenvalue weighted by molar-refractivity contribution is 6.35. The lowest BCUT2D eigenvalue weighted by molar-refractivity contribution is 0.0772. The third-order valence-corrected chi connectivity index (χ3v) is 3.69. The van der Waals surface area contributed by atoms with Crippen LogP contribution in [0.2, 0.25) is 10.0 Å². The predicted molar refractivity (Wildman–Crippen MR) is 89.0 cm³/mol. The van der Waals surface area contributed by atoms with Crippen molar-refractivity contribution in [3.05, 3.63) is 46.2 Å². The van der Waals surface area contributed by atoms with Gasteiger partial charge in [0.25, 0.3) is 5.91 Å². The summed E-state index contributed by atoms with van der Waals surface area (Å²) < 4.78 is 0. The van der Waals surface area contributed by atoms with Crippen LogP contribution in [-0.2, 0) is 0 Å².